The fourth-order valence-corrected chi connectivity index (χ4v) is 5.50. The number of carbonyl (C=O) groups is 1. The highest BCUT2D eigenvalue weighted by Gasteiger charge is 2.41. The summed E-state index contributed by atoms with van der Waals surface area (Å²) in [5.74, 6) is -0.366. The van der Waals surface area contributed by atoms with Crippen LogP contribution in [0.4, 0.5) is 10.1 Å². The molecule has 4 aromatic rings. The van der Waals surface area contributed by atoms with Gasteiger partial charge in [-0.2, -0.15) is 0 Å². The Balaban J connectivity index is 1.46. The Labute approximate surface area is 227 Å². The molecule has 5 rings (SSSR count). The molecular formula is C30H30FN5OS. The Hall–Kier alpha value is -4.04. The normalized spacial score (nSPS) is 16.9. The molecule has 1 aliphatic rings. The van der Waals surface area contributed by atoms with Crippen molar-refractivity contribution in [1.82, 2.24) is 19.8 Å². The maximum absolute atomic E-state index is 14.1. The van der Waals surface area contributed by atoms with Crippen molar-refractivity contribution < 1.29 is 9.18 Å². The van der Waals surface area contributed by atoms with Gasteiger partial charge in [-0.3, -0.25) is 9.78 Å². The van der Waals surface area contributed by atoms with Gasteiger partial charge in [-0.15, -0.1) is 0 Å². The second kappa shape index (κ2) is 10.8. The number of amides is 1. The van der Waals surface area contributed by atoms with Gasteiger partial charge in [-0.25, -0.2) is 4.39 Å². The zero-order valence-electron chi connectivity index (χ0n) is 21.6. The first-order valence-electron chi connectivity index (χ1n) is 12.6. The molecule has 6 nitrogen and oxygen atoms in total. The topological polar surface area (TPSA) is 62.2 Å². The summed E-state index contributed by atoms with van der Waals surface area (Å²) in [6.07, 6.45) is 2.04. The zero-order chi connectivity index (χ0) is 26.8. The van der Waals surface area contributed by atoms with Crippen molar-refractivity contribution in [3.8, 4) is 5.69 Å². The van der Waals surface area contributed by atoms with Gasteiger partial charge in [0.05, 0.1) is 17.8 Å². The van der Waals surface area contributed by atoms with Crippen LogP contribution in [0.15, 0.2) is 79.0 Å². The van der Waals surface area contributed by atoms with Gasteiger partial charge >= 0.3 is 0 Å². The standard InChI is InChI=1S/C30H30FN5OS/c1-19-10-12-23(13-11-19)33-27(37)14-16-35-29(28(34-30(35)38)26-9-4-5-15-32-26)25-17-20(2)36(21(25)3)24-8-6-7-22(31)18-24/h4-13,15,17-18,28-29H,14,16H2,1-3H3,(H,33,37)(H,34,38)/t28-,29-/m0/s1. The monoisotopic (exact) mass is 527 g/mol. The molecule has 0 saturated carbocycles. The molecule has 0 spiro atoms. The van der Waals surface area contributed by atoms with Crippen LogP contribution in [0.5, 0.6) is 0 Å². The Morgan fingerprint density at radius 1 is 1.05 bits per heavy atom. The van der Waals surface area contributed by atoms with Crippen molar-refractivity contribution in [3.63, 3.8) is 0 Å². The van der Waals surface area contributed by atoms with E-state index in [4.69, 9.17) is 12.2 Å². The third kappa shape index (κ3) is 5.17. The second-order valence-corrected chi connectivity index (χ2v) is 10.0. The SMILES string of the molecule is Cc1ccc(NC(=O)CCN2C(=S)N[C@@H](c3ccccn3)[C@@H]2c2cc(C)n(-c3cccc(F)c3)c2C)cc1. The van der Waals surface area contributed by atoms with E-state index in [1.165, 1.54) is 12.1 Å². The minimum absolute atomic E-state index is 0.0816. The Kier molecular flexibility index (Phi) is 7.24. The van der Waals surface area contributed by atoms with Crippen molar-refractivity contribution in [2.45, 2.75) is 39.3 Å². The molecule has 1 saturated heterocycles. The molecule has 194 valence electrons. The van der Waals surface area contributed by atoms with Crippen LogP contribution in [0.1, 0.15) is 46.7 Å². The van der Waals surface area contributed by atoms with Crippen molar-refractivity contribution in [3.05, 3.63) is 113 Å². The lowest BCUT2D eigenvalue weighted by Crippen LogP contribution is -2.32. The van der Waals surface area contributed by atoms with E-state index in [-0.39, 0.29) is 30.2 Å². The predicted octanol–water partition coefficient (Wildman–Crippen LogP) is 5.94. The number of nitrogens with zero attached hydrogens (tertiary/aromatic N) is 3. The average Bonchev–Trinajstić information content (AvgIpc) is 3.39. The summed E-state index contributed by atoms with van der Waals surface area (Å²) in [6, 6.07) is 21.9. The van der Waals surface area contributed by atoms with E-state index in [0.29, 0.717) is 11.7 Å². The van der Waals surface area contributed by atoms with Crippen LogP contribution < -0.4 is 10.6 Å². The maximum Gasteiger partial charge on any atom is 0.226 e. The lowest BCUT2D eigenvalue weighted by molar-refractivity contribution is -0.116. The van der Waals surface area contributed by atoms with Gasteiger partial charge in [-0.05, 0) is 87.1 Å². The van der Waals surface area contributed by atoms with Crippen molar-refractivity contribution in [1.29, 1.82) is 0 Å². The highest BCUT2D eigenvalue weighted by molar-refractivity contribution is 7.80. The lowest BCUT2D eigenvalue weighted by Gasteiger charge is -2.28. The molecule has 1 fully saturated rings. The fraction of sp³-hybridized carbons (Fsp3) is 0.233. The number of benzene rings is 2. The minimum atomic E-state index is -0.284. The van der Waals surface area contributed by atoms with E-state index in [2.05, 4.69) is 31.2 Å². The fourth-order valence-electron chi connectivity index (χ4n) is 5.17. The third-order valence-electron chi connectivity index (χ3n) is 6.97. The van der Waals surface area contributed by atoms with Gasteiger partial charge in [0.2, 0.25) is 5.91 Å². The molecule has 2 aromatic carbocycles. The second-order valence-electron chi connectivity index (χ2n) is 9.63. The van der Waals surface area contributed by atoms with E-state index >= 15 is 0 Å². The van der Waals surface area contributed by atoms with Crippen LogP contribution in [-0.2, 0) is 4.79 Å². The maximum atomic E-state index is 14.1. The summed E-state index contributed by atoms with van der Waals surface area (Å²) in [6.45, 7) is 6.49. The minimum Gasteiger partial charge on any atom is -0.352 e. The smallest absolute Gasteiger partial charge is 0.226 e. The third-order valence-corrected chi connectivity index (χ3v) is 7.32. The number of nitrogens with one attached hydrogen (secondary N) is 2. The first-order chi connectivity index (χ1) is 18.3. The molecule has 2 N–H and O–H groups in total. The Morgan fingerprint density at radius 2 is 1.84 bits per heavy atom. The number of thiocarbonyl (C=S) groups is 1. The van der Waals surface area contributed by atoms with E-state index < -0.39 is 0 Å². The molecule has 0 radical (unpaired) electrons. The highest BCUT2D eigenvalue weighted by atomic mass is 32.1. The van der Waals surface area contributed by atoms with Gasteiger partial charge in [0.25, 0.3) is 0 Å². The number of aromatic nitrogens is 2. The van der Waals surface area contributed by atoms with Crippen molar-refractivity contribution >= 4 is 28.9 Å². The quantitative estimate of drug-likeness (QED) is 0.292. The molecule has 0 unspecified atom stereocenters. The van der Waals surface area contributed by atoms with Crippen LogP contribution in [0.25, 0.3) is 5.69 Å². The number of aryl methyl sites for hydroxylation is 2. The van der Waals surface area contributed by atoms with Crippen LogP contribution in [0.2, 0.25) is 0 Å². The average molecular weight is 528 g/mol. The Bertz CT molecular complexity index is 1470. The molecule has 0 aliphatic carbocycles. The molecule has 2 aromatic heterocycles. The molecule has 1 amide bonds. The largest absolute Gasteiger partial charge is 0.352 e. The number of carbonyl (C=O) groups excluding carboxylic acids is 1. The highest BCUT2D eigenvalue weighted by Crippen LogP contribution is 2.41. The molecule has 38 heavy (non-hydrogen) atoms. The van der Waals surface area contributed by atoms with E-state index in [9.17, 15) is 9.18 Å². The summed E-state index contributed by atoms with van der Waals surface area (Å²) in [4.78, 5) is 19.5. The van der Waals surface area contributed by atoms with Crippen LogP contribution in [-0.4, -0.2) is 32.0 Å². The number of hydrogen-bond donors (Lipinski definition) is 2. The number of anilines is 1. The Morgan fingerprint density at radius 3 is 2.55 bits per heavy atom. The van der Waals surface area contributed by atoms with Gasteiger partial charge < -0.3 is 20.1 Å². The number of pyridine rings is 1. The lowest BCUT2D eigenvalue weighted by atomic mass is 9.96. The van der Waals surface area contributed by atoms with Crippen LogP contribution in [0.3, 0.4) is 0 Å². The first-order valence-corrected chi connectivity index (χ1v) is 13.0. The van der Waals surface area contributed by atoms with Crippen LogP contribution >= 0.6 is 12.2 Å². The molecule has 3 heterocycles. The van der Waals surface area contributed by atoms with E-state index in [1.807, 2.05) is 69.3 Å². The van der Waals surface area contributed by atoms with Gasteiger partial charge in [0, 0.05) is 41.9 Å². The van der Waals surface area contributed by atoms with Crippen molar-refractivity contribution in [2.75, 3.05) is 11.9 Å². The van der Waals surface area contributed by atoms with E-state index in [1.54, 1.807) is 12.3 Å². The van der Waals surface area contributed by atoms with Gasteiger partial charge in [0.1, 0.15) is 5.82 Å². The summed E-state index contributed by atoms with van der Waals surface area (Å²) >= 11 is 5.78. The summed E-state index contributed by atoms with van der Waals surface area (Å²) < 4.78 is 16.1. The summed E-state index contributed by atoms with van der Waals surface area (Å²) in [7, 11) is 0. The molecular weight excluding hydrogens is 497 g/mol. The molecule has 1 aliphatic heterocycles. The number of halogens is 1. The van der Waals surface area contributed by atoms with Crippen LogP contribution in [0, 0.1) is 26.6 Å². The number of rotatable bonds is 7. The summed E-state index contributed by atoms with van der Waals surface area (Å²) in [5.41, 5.74) is 6.55. The molecule has 2 atom stereocenters. The van der Waals surface area contributed by atoms with Gasteiger partial charge in [-0.1, -0.05) is 29.8 Å². The van der Waals surface area contributed by atoms with Crippen molar-refractivity contribution in [2.24, 2.45) is 0 Å². The van der Waals surface area contributed by atoms with Gasteiger partial charge in [0.15, 0.2) is 5.11 Å². The zero-order valence-corrected chi connectivity index (χ0v) is 22.4. The predicted molar refractivity (Wildman–Crippen MR) is 152 cm³/mol. The van der Waals surface area contributed by atoms with E-state index in [0.717, 1.165) is 39.6 Å². The number of hydrogen-bond acceptors (Lipinski definition) is 3. The summed E-state index contributed by atoms with van der Waals surface area (Å²) in [5, 5.41) is 7.00. The molecule has 0 bridgehead atoms. The first kappa shape index (κ1) is 25.6. The molecule has 8 heteroatoms.